The molecule has 0 spiro atoms. The van der Waals surface area contributed by atoms with E-state index < -0.39 is 5.97 Å². The Balaban J connectivity index is 1.21. The summed E-state index contributed by atoms with van der Waals surface area (Å²) in [5, 5.41) is 12.5. The number of ether oxygens (including phenoxy) is 1. The molecule has 4 aromatic rings. The molecule has 11 heteroatoms. The first-order chi connectivity index (χ1) is 22.8. The maximum atomic E-state index is 13.3. The second-order valence-corrected chi connectivity index (χ2v) is 13.0. The van der Waals surface area contributed by atoms with Crippen LogP contribution >= 0.6 is 0 Å². The third-order valence-corrected chi connectivity index (χ3v) is 9.91. The summed E-state index contributed by atoms with van der Waals surface area (Å²) in [4.78, 5) is 39.0. The van der Waals surface area contributed by atoms with Gasteiger partial charge in [-0.2, -0.15) is 0 Å². The second-order valence-electron chi connectivity index (χ2n) is 13.0. The molecule has 1 saturated heterocycles. The lowest BCUT2D eigenvalue weighted by Gasteiger charge is -2.33. The normalized spacial score (nSPS) is 16.9. The number of esters is 1. The molecule has 0 unspecified atom stereocenters. The van der Waals surface area contributed by atoms with Gasteiger partial charge in [0, 0.05) is 62.5 Å². The zero-order valence-corrected chi connectivity index (χ0v) is 27.4. The van der Waals surface area contributed by atoms with Crippen LogP contribution < -0.4 is 15.8 Å². The lowest BCUT2D eigenvalue weighted by Crippen LogP contribution is -2.41. The predicted molar refractivity (Wildman–Crippen MR) is 183 cm³/mol. The minimum atomic E-state index is -0.404. The van der Waals surface area contributed by atoms with Crippen LogP contribution in [0.15, 0.2) is 53.7 Å². The number of aromatic nitrogens is 4. The second kappa shape index (κ2) is 12.8. The molecule has 0 amide bonds. The van der Waals surface area contributed by atoms with Crippen molar-refractivity contribution < 1.29 is 9.53 Å². The number of nitrogens with one attached hydrogen (secondary N) is 2. The van der Waals surface area contributed by atoms with Crippen molar-refractivity contribution in [3.63, 3.8) is 0 Å². The Morgan fingerprint density at radius 1 is 1.04 bits per heavy atom. The molecule has 244 valence electrons. The first-order valence-electron chi connectivity index (χ1n) is 16.6. The number of hydrogen-bond acceptors (Lipinski definition) is 8. The fourth-order valence-electron chi connectivity index (χ4n) is 7.33. The fraction of sp³-hybridized carbons (Fsp3) is 0.417. The summed E-state index contributed by atoms with van der Waals surface area (Å²) in [5.41, 5.74) is 7.23. The van der Waals surface area contributed by atoms with Crippen molar-refractivity contribution in [2.75, 3.05) is 36.9 Å². The number of carbonyl (C=O) groups is 1. The van der Waals surface area contributed by atoms with Gasteiger partial charge in [-0.15, -0.1) is 0 Å². The highest BCUT2D eigenvalue weighted by atomic mass is 16.5. The first-order valence-corrected chi connectivity index (χ1v) is 16.6. The van der Waals surface area contributed by atoms with E-state index in [1.807, 2.05) is 29.3 Å². The largest absolute Gasteiger partial charge is 0.461 e. The van der Waals surface area contributed by atoms with Crippen LogP contribution in [0.5, 0.6) is 0 Å². The Labute approximate surface area is 274 Å². The summed E-state index contributed by atoms with van der Waals surface area (Å²) in [6.07, 6.45) is 12.1. The van der Waals surface area contributed by atoms with E-state index >= 15 is 0 Å². The van der Waals surface area contributed by atoms with E-state index in [1.165, 1.54) is 36.6 Å². The van der Waals surface area contributed by atoms with Crippen molar-refractivity contribution in [2.24, 2.45) is 7.05 Å². The molecule has 0 bridgehead atoms. The molecule has 1 aliphatic carbocycles. The summed E-state index contributed by atoms with van der Waals surface area (Å²) >= 11 is 0. The van der Waals surface area contributed by atoms with E-state index in [9.17, 15) is 15.0 Å². The number of amidine groups is 1. The number of hydrogen-bond donors (Lipinski definition) is 2. The quantitative estimate of drug-likeness (QED) is 0.273. The van der Waals surface area contributed by atoms with Gasteiger partial charge in [0.1, 0.15) is 23.9 Å². The Bertz CT molecular complexity index is 1890. The van der Waals surface area contributed by atoms with Crippen molar-refractivity contribution in [3.05, 3.63) is 87.4 Å². The molecule has 4 aromatic heterocycles. The maximum Gasteiger partial charge on any atom is 0.302 e. The van der Waals surface area contributed by atoms with E-state index in [-0.39, 0.29) is 12.2 Å². The smallest absolute Gasteiger partial charge is 0.302 e. The van der Waals surface area contributed by atoms with E-state index in [1.54, 1.807) is 24.0 Å². The number of aryl methyl sites for hydroxylation is 2. The zero-order chi connectivity index (χ0) is 32.7. The van der Waals surface area contributed by atoms with Gasteiger partial charge in [0.05, 0.1) is 5.69 Å². The highest BCUT2D eigenvalue weighted by Crippen LogP contribution is 2.35. The summed E-state index contributed by atoms with van der Waals surface area (Å²) in [6.45, 7) is 4.87. The average Bonchev–Trinajstić information content (AvgIpc) is 3.46. The third-order valence-electron chi connectivity index (χ3n) is 9.91. The van der Waals surface area contributed by atoms with Crippen LogP contribution in [0.4, 0.5) is 17.3 Å². The van der Waals surface area contributed by atoms with Crippen molar-refractivity contribution in [1.82, 2.24) is 24.0 Å². The number of pyridine rings is 3. The molecular weight excluding hydrogens is 592 g/mol. The molecule has 11 nitrogen and oxygen atoms in total. The summed E-state index contributed by atoms with van der Waals surface area (Å²) in [7, 11) is 3.88. The summed E-state index contributed by atoms with van der Waals surface area (Å²) in [6, 6.07) is 9.89. The topological polar surface area (TPSA) is 121 Å². The van der Waals surface area contributed by atoms with Gasteiger partial charge >= 0.3 is 5.97 Å². The lowest BCUT2D eigenvalue weighted by molar-refractivity contribution is -0.142. The van der Waals surface area contributed by atoms with Crippen molar-refractivity contribution >= 4 is 29.1 Å². The monoisotopic (exact) mass is 634 g/mol. The number of rotatable bonds is 7. The Morgan fingerprint density at radius 2 is 1.85 bits per heavy atom. The zero-order valence-electron chi connectivity index (χ0n) is 27.4. The molecule has 1 fully saturated rings. The van der Waals surface area contributed by atoms with E-state index in [0.717, 1.165) is 62.1 Å². The molecule has 2 aliphatic heterocycles. The van der Waals surface area contributed by atoms with Gasteiger partial charge in [0.15, 0.2) is 5.84 Å². The summed E-state index contributed by atoms with van der Waals surface area (Å²) < 4.78 is 9.40. The van der Waals surface area contributed by atoms with Crippen LogP contribution in [-0.4, -0.2) is 62.5 Å². The van der Waals surface area contributed by atoms with Crippen molar-refractivity contribution in [1.29, 1.82) is 5.41 Å². The molecule has 0 aromatic carbocycles. The number of anilines is 3. The van der Waals surface area contributed by atoms with E-state index in [2.05, 4.69) is 38.9 Å². The Hall–Kier alpha value is -4.77. The van der Waals surface area contributed by atoms with Crippen LogP contribution in [0.3, 0.4) is 0 Å². The fourth-order valence-corrected chi connectivity index (χ4v) is 7.33. The Morgan fingerprint density at radius 3 is 2.62 bits per heavy atom. The minimum Gasteiger partial charge on any atom is -0.461 e. The number of fused-ring (bicyclic) bond motifs is 3. The van der Waals surface area contributed by atoms with Gasteiger partial charge in [-0.25, -0.2) is 9.97 Å². The van der Waals surface area contributed by atoms with Crippen LogP contribution in [0, 0.1) is 5.41 Å². The third kappa shape index (κ3) is 6.07. The molecule has 7 rings (SSSR count). The van der Waals surface area contributed by atoms with E-state index in [4.69, 9.17) is 9.72 Å². The molecule has 3 aliphatic rings. The standard InChI is InChI=1S/C36H42N8O3/c1-23(45)47-22-29-28(10-13-38-35(29)44-17-16-43-31-7-5-4-6-25(31)19-32(43)34(44)37)27-18-30(36(46)42(3)21-27)40-33-9-8-26(20-39-33)24-11-14-41(2)15-12-24/h8-10,13,18-21,24,37H,4-7,11-12,14-17,22H2,1-3H3,(H,39,40). The molecule has 2 N–H and O–H groups in total. The molecule has 0 atom stereocenters. The van der Waals surface area contributed by atoms with Gasteiger partial charge in [-0.1, -0.05) is 6.07 Å². The van der Waals surface area contributed by atoms with Crippen LogP contribution in [0.1, 0.15) is 66.6 Å². The Kier molecular flexibility index (Phi) is 8.40. The molecule has 47 heavy (non-hydrogen) atoms. The maximum absolute atomic E-state index is 13.3. The molecular formula is C36H42N8O3. The summed E-state index contributed by atoms with van der Waals surface area (Å²) in [5.74, 6) is 1.65. The van der Waals surface area contributed by atoms with Crippen molar-refractivity contribution in [3.8, 4) is 11.1 Å². The average molecular weight is 635 g/mol. The highest BCUT2D eigenvalue weighted by molar-refractivity contribution is 6.08. The van der Waals surface area contributed by atoms with Crippen molar-refractivity contribution in [2.45, 2.75) is 64.5 Å². The molecule has 0 saturated carbocycles. The SMILES string of the molecule is CC(=O)OCc1c(-c2cc(Nc3ccc(C4CCN(C)CC4)cn3)c(=O)n(C)c2)ccnc1N1CCn2c(cc3c2CCCC3)C1=N. The molecule has 6 heterocycles. The predicted octanol–water partition coefficient (Wildman–Crippen LogP) is 4.98. The van der Waals surface area contributed by atoms with E-state index in [0.29, 0.717) is 41.2 Å². The number of nitrogens with zero attached hydrogens (tertiary/aromatic N) is 6. The van der Waals surface area contributed by atoms with Crippen LogP contribution in [-0.2, 0) is 42.6 Å². The first kappa shape index (κ1) is 30.9. The van der Waals surface area contributed by atoms with Crippen LogP contribution in [0.2, 0.25) is 0 Å². The van der Waals surface area contributed by atoms with Gasteiger partial charge in [0.25, 0.3) is 5.56 Å². The lowest BCUT2D eigenvalue weighted by atomic mass is 9.91. The van der Waals surface area contributed by atoms with Gasteiger partial charge < -0.3 is 29.0 Å². The highest BCUT2D eigenvalue weighted by Gasteiger charge is 2.30. The van der Waals surface area contributed by atoms with Gasteiger partial charge in [-0.05, 0) is 106 Å². The number of piperidine rings is 1. The number of carbonyl (C=O) groups excluding carboxylic acids is 1. The van der Waals surface area contributed by atoms with Crippen LogP contribution in [0.25, 0.3) is 11.1 Å². The molecule has 0 radical (unpaired) electrons. The number of likely N-dealkylation sites (tertiary alicyclic amines) is 1. The van der Waals surface area contributed by atoms with Gasteiger partial charge in [-0.3, -0.25) is 15.0 Å². The minimum absolute atomic E-state index is 0.0132. The van der Waals surface area contributed by atoms with Gasteiger partial charge in [0.2, 0.25) is 0 Å².